The number of carbonyl (C=O) groups excluding carboxylic acids is 3. The zero-order chi connectivity index (χ0) is 37.8. The van der Waals surface area contributed by atoms with E-state index in [-0.39, 0.29) is 37.4 Å². The number of nitrogens with one attached hydrogen (secondary N) is 2. The van der Waals surface area contributed by atoms with Gasteiger partial charge in [0.25, 0.3) is 0 Å². The lowest BCUT2D eigenvalue weighted by molar-refractivity contribution is -0.151. The molecule has 0 bridgehead atoms. The largest absolute Gasteiger partial charge is 0.462 e. The second-order valence-electron chi connectivity index (χ2n) is 14.1. The fraction of sp³-hybridized carbons (Fsp3) is 0.923. The Hall–Kier alpha value is -0.918. The lowest BCUT2D eigenvalue weighted by Crippen LogP contribution is -2.47. The Morgan fingerprint density at radius 3 is 1.63 bits per heavy atom. The van der Waals surface area contributed by atoms with Crippen molar-refractivity contribution >= 4 is 42.5 Å². The van der Waals surface area contributed by atoms with Gasteiger partial charge in [0.05, 0.1) is 27.8 Å². The lowest BCUT2D eigenvalue weighted by Gasteiger charge is -2.22. The van der Waals surface area contributed by atoms with Crippen molar-refractivity contribution in [3.8, 4) is 0 Å². The predicted molar refractivity (Wildman–Crippen MR) is 214 cm³/mol. The molecule has 0 saturated heterocycles. The maximum absolute atomic E-state index is 13.1. The zero-order valence-corrected chi connectivity index (χ0v) is 34.2. The molecule has 0 saturated carbocycles. The Balaban J connectivity index is 4.79. The van der Waals surface area contributed by atoms with Crippen molar-refractivity contribution in [1.29, 1.82) is 2.51 Å². The number of rotatable bonds is 38. The van der Waals surface area contributed by atoms with E-state index in [1.165, 1.54) is 96.3 Å². The van der Waals surface area contributed by atoms with E-state index in [0.717, 1.165) is 64.2 Å². The van der Waals surface area contributed by atoms with Crippen LogP contribution in [-0.4, -0.2) is 61.5 Å². The summed E-state index contributed by atoms with van der Waals surface area (Å²) < 4.78 is 27.0. The SMILES string of the molecule is [2H][Si]([B])(OC[C@@H](CNC(=O)C[C@@H](CCCCCCC)OC(=O)CCCCCCCCCCC)NC(=O)CCCCCCCCCCCCC)P[3H]. The smallest absolute Gasteiger partial charge is 0.306 e. The van der Waals surface area contributed by atoms with Crippen LogP contribution < -0.4 is 10.6 Å². The molecule has 49 heavy (non-hydrogen) atoms. The lowest BCUT2D eigenvalue weighted by atomic mass is 10.0. The van der Waals surface area contributed by atoms with E-state index in [0.29, 0.717) is 19.3 Å². The molecule has 0 aromatic rings. The van der Waals surface area contributed by atoms with Crippen LogP contribution in [0.3, 0.4) is 0 Å². The van der Waals surface area contributed by atoms with E-state index in [2.05, 4.69) is 31.4 Å². The van der Waals surface area contributed by atoms with Crippen LogP contribution in [0.4, 0.5) is 0 Å². The Morgan fingerprint density at radius 2 is 1.14 bits per heavy atom. The van der Waals surface area contributed by atoms with Gasteiger partial charge < -0.3 is 19.8 Å². The molecule has 2 amide bonds. The van der Waals surface area contributed by atoms with Gasteiger partial charge in [0, 0.05) is 20.6 Å². The predicted octanol–water partition coefficient (Wildman–Crippen LogP) is 9.65. The molecular weight excluding hydrogens is 646 g/mol. The van der Waals surface area contributed by atoms with Crippen LogP contribution in [0.25, 0.3) is 0 Å². The molecule has 2 unspecified atom stereocenters. The number of hydrogen-bond donors (Lipinski definition) is 2. The van der Waals surface area contributed by atoms with Gasteiger partial charge in [-0.25, -0.2) is 0 Å². The summed E-state index contributed by atoms with van der Waals surface area (Å²) in [4.78, 5) is 38.6. The number of unbranched alkanes of at least 4 members (excludes halogenated alkanes) is 22. The third kappa shape index (κ3) is 35.3. The zero-order valence-electron chi connectivity index (χ0n) is 34.2. The standard InChI is InChI=1S/C39H78BN2O5PSi/c1-4-7-10-13-15-17-18-20-21-24-27-30-37(43)42-35(34-46-49(40)48)33-41-38(44)32-36(29-26-23-12-9-6-3)47-39(45)31-28-25-22-19-16-14-11-8-5-2/h35-36,49H,4-34,48H2,1-3H3,(H,41,44)(H,42,43)/t35-,36-,49?/m1/s1/i48T,49D/t35-,36-,48?,49?. The highest BCUT2D eigenvalue weighted by Gasteiger charge is 2.20. The van der Waals surface area contributed by atoms with Gasteiger partial charge in [-0.2, -0.15) is 0 Å². The van der Waals surface area contributed by atoms with Crippen molar-refractivity contribution in [2.24, 2.45) is 0 Å². The van der Waals surface area contributed by atoms with Gasteiger partial charge in [-0.05, 0) is 25.7 Å². The first-order valence-corrected chi connectivity index (χ1v) is 23.5. The number of esters is 1. The molecule has 2 radical (unpaired) electrons. The summed E-state index contributed by atoms with van der Waals surface area (Å²) in [6.07, 6.45) is 30.3. The fourth-order valence-electron chi connectivity index (χ4n) is 6.11. The first-order chi connectivity index (χ1) is 24.7. The highest BCUT2D eigenvalue weighted by Crippen LogP contribution is 2.16. The quantitative estimate of drug-likeness (QED) is 0.0286. The maximum atomic E-state index is 13.1. The van der Waals surface area contributed by atoms with Crippen LogP contribution in [0.2, 0.25) is 0 Å². The van der Waals surface area contributed by atoms with E-state index in [1.54, 1.807) is 0 Å². The molecule has 2 N–H and O–H groups in total. The number of carbonyl (C=O) groups is 3. The molecule has 7 nitrogen and oxygen atoms in total. The number of ether oxygens (including phenoxy) is 1. The molecule has 0 aliphatic carbocycles. The summed E-state index contributed by atoms with van der Waals surface area (Å²) in [7, 11) is 1.91. The Morgan fingerprint density at radius 1 is 0.694 bits per heavy atom. The highest BCUT2D eigenvalue weighted by molar-refractivity contribution is 7.70. The molecular formula is C39H78BN2O5PSi. The van der Waals surface area contributed by atoms with Gasteiger partial charge in [0.2, 0.25) is 11.8 Å². The normalized spacial score (nSPS) is 14.6. The van der Waals surface area contributed by atoms with Crippen LogP contribution in [0.1, 0.15) is 207 Å². The maximum Gasteiger partial charge on any atom is 0.306 e. The fourth-order valence-corrected chi connectivity index (χ4v) is 6.74. The van der Waals surface area contributed by atoms with Crippen LogP contribution in [0.15, 0.2) is 0 Å². The van der Waals surface area contributed by atoms with Gasteiger partial charge in [0.1, 0.15) is 14.6 Å². The molecule has 0 spiro atoms. The second-order valence-corrected chi connectivity index (χ2v) is 16.6. The molecule has 286 valence electrons. The van der Waals surface area contributed by atoms with Gasteiger partial charge in [-0.15, -0.1) is 8.73 Å². The summed E-state index contributed by atoms with van der Waals surface area (Å²) in [5, 5.41) is 5.85. The molecule has 0 heterocycles. The van der Waals surface area contributed by atoms with Crippen molar-refractivity contribution in [1.82, 2.24) is 10.6 Å². The molecule has 4 atom stereocenters. The third-order valence-corrected chi connectivity index (χ3v) is 10.1. The van der Waals surface area contributed by atoms with Crippen LogP contribution in [0.5, 0.6) is 0 Å². The average molecular weight is 728 g/mol. The van der Waals surface area contributed by atoms with Crippen LogP contribution >= 0.6 is 8.73 Å². The van der Waals surface area contributed by atoms with E-state index in [9.17, 15) is 14.4 Å². The summed E-state index contributed by atoms with van der Waals surface area (Å²) in [5.74, 6) is -0.605. The average Bonchev–Trinajstić information content (AvgIpc) is 3.10. The van der Waals surface area contributed by atoms with Crippen molar-refractivity contribution in [3.63, 3.8) is 0 Å². The van der Waals surface area contributed by atoms with Crippen molar-refractivity contribution in [2.45, 2.75) is 219 Å². The monoisotopic (exact) mass is 728 g/mol. The molecule has 10 heteroatoms. The van der Waals surface area contributed by atoms with E-state index in [1.807, 2.05) is 0 Å². The van der Waals surface area contributed by atoms with E-state index >= 15 is 0 Å². The molecule has 0 aromatic heterocycles. The summed E-state index contributed by atoms with van der Waals surface area (Å²) >= 11 is 0. The van der Waals surface area contributed by atoms with Crippen molar-refractivity contribution < 1.29 is 23.5 Å². The minimum Gasteiger partial charge on any atom is -0.462 e. The summed E-state index contributed by atoms with van der Waals surface area (Å²) in [6.45, 7) is 6.73. The first-order valence-electron chi connectivity index (χ1n) is 21.5. The number of amides is 2. The minimum absolute atomic E-state index is 0.0308. The Bertz CT molecular complexity index is 849. The van der Waals surface area contributed by atoms with Crippen LogP contribution in [0, 0.1) is 0 Å². The summed E-state index contributed by atoms with van der Waals surface area (Å²) in [6, 6.07) is -0.562. The number of hydrogen-bond acceptors (Lipinski definition) is 5. The van der Waals surface area contributed by atoms with Crippen molar-refractivity contribution in [2.75, 3.05) is 13.2 Å². The summed E-state index contributed by atoms with van der Waals surface area (Å²) in [5.41, 5.74) is 0. The molecule has 0 fully saturated rings. The minimum atomic E-state index is -3.38. The second kappa shape index (κ2) is 36.9. The Kier molecular flexibility index (Phi) is 33.3. The molecule has 0 aromatic carbocycles. The van der Waals surface area contributed by atoms with E-state index < -0.39 is 29.4 Å². The molecule has 0 rings (SSSR count). The van der Waals surface area contributed by atoms with Crippen molar-refractivity contribution in [3.05, 3.63) is 0 Å². The van der Waals surface area contributed by atoms with Gasteiger partial charge in [0.15, 0.2) is 0 Å². The topological polar surface area (TPSA) is 93.7 Å². The van der Waals surface area contributed by atoms with Gasteiger partial charge in [-0.3, -0.25) is 14.4 Å². The van der Waals surface area contributed by atoms with Gasteiger partial charge in [-0.1, -0.05) is 162 Å². The first kappa shape index (κ1) is 44.2. The van der Waals surface area contributed by atoms with Crippen LogP contribution in [-0.2, 0) is 23.5 Å². The van der Waals surface area contributed by atoms with E-state index in [4.69, 9.17) is 19.1 Å². The Labute approximate surface area is 310 Å². The van der Waals surface area contributed by atoms with Gasteiger partial charge >= 0.3 is 5.97 Å². The molecule has 0 aliphatic rings. The molecule has 0 aliphatic heterocycles. The third-order valence-electron chi connectivity index (χ3n) is 9.18. The highest BCUT2D eigenvalue weighted by atomic mass is 31.3.